The topological polar surface area (TPSA) is 53.1 Å². The van der Waals surface area contributed by atoms with Crippen molar-refractivity contribution in [1.82, 2.24) is 4.98 Å². The van der Waals surface area contributed by atoms with E-state index in [4.69, 9.17) is 11.6 Å². The van der Waals surface area contributed by atoms with Gasteiger partial charge in [0, 0.05) is 27.1 Å². The molecule has 0 aliphatic rings. The minimum absolute atomic E-state index is 0.00120. The maximum atomic E-state index is 13.3. The van der Waals surface area contributed by atoms with Crippen LogP contribution in [0.15, 0.2) is 42.5 Å². The number of halogens is 2. The van der Waals surface area contributed by atoms with Gasteiger partial charge in [-0.2, -0.15) is 0 Å². The van der Waals surface area contributed by atoms with Crippen LogP contribution in [0.1, 0.15) is 10.5 Å². The van der Waals surface area contributed by atoms with Crippen molar-refractivity contribution < 1.29 is 14.3 Å². The summed E-state index contributed by atoms with van der Waals surface area (Å²) in [7, 11) is 0. The summed E-state index contributed by atoms with van der Waals surface area (Å²) in [4.78, 5) is 14.1. The number of hydrogen-bond acceptors (Lipinski definition) is 1. The van der Waals surface area contributed by atoms with Gasteiger partial charge in [-0.15, -0.1) is 0 Å². The molecule has 0 aliphatic heterocycles. The van der Waals surface area contributed by atoms with E-state index in [-0.39, 0.29) is 5.69 Å². The Balaban J connectivity index is 2.41. The third kappa shape index (κ3) is 1.94. The zero-order valence-corrected chi connectivity index (χ0v) is 10.9. The first-order valence-electron chi connectivity index (χ1n) is 5.87. The van der Waals surface area contributed by atoms with Crippen molar-refractivity contribution in [2.75, 3.05) is 0 Å². The predicted molar refractivity (Wildman–Crippen MR) is 75.7 cm³/mol. The highest BCUT2D eigenvalue weighted by atomic mass is 35.5. The van der Waals surface area contributed by atoms with Crippen molar-refractivity contribution >= 4 is 28.5 Å². The number of benzene rings is 2. The Kier molecular flexibility index (Phi) is 2.95. The molecule has 0 saturated heterocycles. The fourth-order valence-corrected chi connectivity index (χ4v) is 2.50. The molecule has 0 atom stereocenters. The number of nitrogens with one attached hydrogen (secondary N) is 1. The second kappa shape index (κ2) is 4.65. The monoisotopic (exact) mass is 289 g/mol. The second-order valence-electron chi connectivity index (χ2n) is 4.35. The van der Waals surface area contributed by atoms with Gasteiger partial charge in [0.15, 0.2) is 0 Å². The van der Waals surface area contributed by atoms with Gasteiger partial charge in [0.2, 0.25) is 0 Å². The van der Waals surface area contributed by atoms with Crippen molar-refractivity contribution in [3.05, 3.63) is 59.0 Å². The van der Waals surface area contributed by atoms with E-state index in [1.54, 1.807) is 30.3 Å². The van der Waals surface area contributed by atoms with Gasteiger partial charge in [-0.3, -0.25) is 0 Å². The lowest BCUT2D eigenvalue weighted by atomic mass is 10.0. The Labute approximate surface area is 118 Å². The van der Waals surface area contributed by atoms with Crippen LogP contribution in [0.4, 0.5) is 4.39 Å². The number of carbonyl (C=O) groups is 1. The Bertz CT molecular complexity index is 826. The van der Waals surface area contributed by atoms with Crippen LogP contribution in [0, 0.1) is 5.82 Å². The molecule has 0 unspecified atom stereocenters. The average molecular weight is 290 g/mol. The van der Waals surface area contributed by atoms with Crippen molar-refractivity contribution in [1.29, 1.82) is 0 Å². The molecule has 0 bridgehead atoms. The fraction of sp³-hybridized carbons (Fsp3) is 0. The molecule has 0 fully saturated rings. The Morgan fingerprint density at radius 3 is 2.65 bits per heavy atom. The summed E-state index contributed by atoms with van der Waals surface area (Å²) in [6, 6.07) is 11.1. The van der Waals surface area contributed by atoms with Gasteiger partial charge in [-0.1, -0.05) is 29.8 Å². The van der Waals surface area contributed by atoms with Gasteiger partial charge < -0.3 is 10.1 Å². The molecular weight excluding hydrogens is 281 g/mol. The molecule has 0 spiro atoms. The van der Waals surface area contributed by atoms with E-state index >= 15 is 0 Å². The molecule has 20 heavy (non-hydrogen) atoms. The van der Waals surface area contributed by atoms with Crippen LogP contribution in [-0.2, 0) is 0 Å². The number of carboxylic acid groups (broad SMARTS) is 1. The summed E-state index contributed by atoms with van der Waals surface area (Å²) < 4.78 is 13.3. The maximum Gasteiger partial charge on any atom is 0.352 e. The van der Waals surface area contributed by atoms with Crippen LogP contribution in [0.5, 0.6) is 0 Å². The van der Waals surface area contributed by atoms with Crippen LogP contribution < -0.4 is 0 Å². The van der Waals surface area contributed by atoms with E-state index in [2.05, 4.69) is 4.98 Å². The molecule has 0 aliphatic carbocycles. The number of carboxylic acids is 1. The van der Waals surface area contributed by atoms with E-state index < -0.39 is 11.8 Å². The Hall–Kier alpha value is -2.33. The zero-order chi connectivity index (χ0) is 14.3. The molecule has 0 amide bonds. The lowest BCUT2D eigenvalue weighted by Gasteiger charge is -2.04. The highest BCUT2D eigenvalue weighted by molar-refractivity contribution is 6.34. The molecule has 2 aromatic carbocycles. The summed E-state index contributed by atoms with van der Waals surface area (Å²) in [6.45, 7) is 0. The number of hydrogen-bond donors (Lipinski definition) is 2. The van der Waals surface area contributed by atoms with E-state index in [1.807, 2.05) is 0 Å². The molecule has 1 heterocycles. The standard InChI is InChI=1S/C15H9ClFNO2/c16-11-4-2-1-3-9(11)13-10-6-5-8(17)7-12(10)18-14(13)15(19)20/h1-7,18H,(H,19,20). The number of fused-ring (bicyclic) bond motifs is 1. The van der Waals surface area contributed by atoms with Crippen molar-refractivity contribution in [2.24, 2.45) is 0 Å². The van der Waals surface area contributed by atoms with Crippen molar-refractivity contribution in [3.63, 3.8) is 0 Å². The first-order chi connectivity index (χ1) is 9.58. The third-order valence-corrected chi connectivity index (χ3v) is 3.45. The summed E-state index contributed by atoms with van der Waals surface area (Å²) >= 11 is 6.14. The smallest absolute Gasteiger partial charge is 0.352 e. The molecule has 3 aromatic rings. The SMILES string of the molecule is O=C(O)c1[nH]c2cc(F)ccc2c1-c1ccccc1Cl. The van der Waals surface area contributed by atoms with Crippen LogP contribution in [0.3, 0.4) is 0 Å². The predicted octanol–water partition coefficient (Wildman–Crippen LogP) is 4.33. The zero-order valence-electron chi connectivity index (χ0n) is 10.2. The van der Waals surface area contributed by atoms with E-state index in [0.717, 1.165) is 0 Å². The molecule has 3 nitrogen and oxygen atoms in total. The van der Waals surface area contributed by atoms with Crippen molar-refractivity contribution in [2.45, 2.75) is 0 Å². The quantitative estimate of drug-likeness (QED) is 0.738. The first-order valence-corrected chi connectivity index (χ1v) is 6.25. The van der Waals surface area contributed by atoms with Gasteiger partial charge in [-0.05, 0) is 24.3 Å². The lowest BCUT2D eigenvalue weighted by Crippen LogP contribution is -1.98. The maximum absolute atomic E-state index is 13.3. The number of H-pyrrole nitrogens is 1. The van der Waals surface area contributed by atoms with Gasteiger partial charge in [0.1, 0.15) is 11.5 Å². The van der Waals surface area contributed by atoms with Gasteiger partial charge in [-0.25, -0.2) is 9.18 Å². The molecule has 100 valence electrons. The molecule has 0 radical (unpaired) electrons. The van der Waals surface area contributed by atoms with E-state index in [1.165, 1.54) is 12.1 Å². The van der Waals surface area contributed by atoms with Crippen LogP contribution in [0.2, 0.25) is 5.02 Å². The number of rotatable bonds is 2. The minimum Gasteiger partial charge on any atom is -0.477 e. The van der Waals surface area contributed by atoms with Crippen LogP contribution in [-0.4, -0.2) is 16.1 Å². The van der Waals surface area contributed by atoms with Gasteiger partial charge >= 0.3 is 5.97 Å². The number of aromatic carboxylic acids is 1. The second-order valence-corrected chi connectivity index (χ2v) is 4.76. The summed E-state index contributed by atoms with van der Waals surface area (Å²) in [5.74, 6) is -1.54. The Morgan fingerprint density at radius 2 is 1.95 bits per heavy atom. The molecule has 3 rings (SSSR count). The third-order valence-electron chi connectivity index (χ3n) is 3.12. The lowest BCUT2D eigenvalue weighted by molar-refractivity contribution is 0.0692. The summed E-state index contributed by atoms with van der Waals surface area (Å²) in [6.07, 6.45) is 0. The molecule has 2 N–H and O–H groups in total. The van der Waals surface area contributed by atoms with Crippen LogP contribution in [0.25, 0.3) is 22.0 Å². The fourth-order valence-electron chi connectivity index (χ4n) is 2.27. The number of aromatic amines is 1. The Morgan fingerprint density at radius 1 is 1.20 bits per heavy atom. The highest BCUT2D eigenvalue weighted by Crippen LogP contribution is 2.36. The van der Waals surface area contributed by atoms with E-state index in [0.29, 0.717) is 27.1 Å². The summed E-state index contributed by atoms with van der Waals surface area (Å²) in [5.41, 5.74) is 1.50. The molecule has 1 aromatic heterocycles. The first kappa shape index (κ1) is 12.7. The molecule has 0 saturated carbocycles. The van der Waals surface area contributed by atoms with E-state index in [9.17, 15) is 14.3 Å². The normalized spacial score (nSPS) is 10.9. The van der Waals surface area contributed by atoms with Gasteiger partial charge in [0.05, 0.1) is 0 Å². The average Bonchev–Trinajstić information content (AvgIpc) is 2.78. The molecular formula is C15H9ClFNO2. The molecule has 5 heteroatoms. The number of aromatic nitrogens is 1. The minimum atomic E-state index is -1.11. The van der Waals surface area contributed by atoms with Crippen LogP contribution >= 0.6 is 11.6 Å². The summed E-state index contributed by atoms with van der Waals surface area (Å²) in [5, 5.41) is 10.4. The van der Waals surface area contributed by atoms with Crippen molar-refractivity contribution in [3.8, 4) is 11.1 Å². The highest BCUT2D eigenvalue weighted by Gasteiger charge is 2.20. The van der Waals surface area contributed by atoms with Gasteiger partial charge in [0.25, 0.3) is 0 Å². The largest absolute Gasteiger partial charge is 0.477 e.